The van der Waals surface area contributed by atoms with Gasteiger partial charge in [0.05, 0.1) is 11.4 Å². The van der Waals surface area contributed by atoms with Crippen LogP contribution in [0, 0.1) is 3.57 Å². The molecule has 0 spiro atoms. The second-order valence-electron chi connectivity index (χ2n) is 4.08. The normalized spacial score (nSPS) is 10.3. The summed E-state index contributed by atoms with van der Waals surface area (Å²) in [6.45, 7) is 0. The van der Waals surface area contributed by atoms with E-state index in [4.69, 9.17) is 5.73 Å². The Labute approximate surface area is 134 Å². The molecule has 19 heavy (non-hydrogen) atoms. The van der Waals surface area contributed by atoms with Crippen LogP contribution in [0.15, 0.2) is 46.9 Å². The maximum absolute atomic E-state index is 12.4. The summed E-state index contributed by atoms with van der Waals surface area (Å²) in [5, 5.41) is 0. The first-order valence-corrected chi connectivity index (χ1v) is 7.45. The first-order valence-electron chi connectivity index (χ1n) is 5.57. The maximum atomic E-state index is 12.4. The van der Waals surface area contributed by atoms with Gasteiger partial charge in [-0.25, -0.2) is 0 Å². The van der Waals surface area contributed by atoms with E-state index in [-0.39, 0.29) is 5.91 Å². The Kier molecular flexibility index (Phi) is 4.46. The molecule has 0 bridgehead atoms. The molecule has 0 saturated carbocycles. The molecule has 98 valence electrons. The molecule has 0 atom stereocenters. The number of carbonyl (C=O) groups excluding carboxylic acids is 1. The Hall–Kier alpha value is -1.08. The minimum absolute atomic E-state index is 0.0764. The zero-order valence-corrected chi connectivity index (χ0v) is 14.0. The van der Waals surface area contributed by atoms with E-state index in [0.717, 1.165) is 8.04 Å². The van der Waals surface area contributed by atoms with Crippen LogP contribution in [0.3, 0.4) is 0 Å². The van der Waals surface area contributed by atoms with E-state index in [1.165, 1.54) is 0 Å². The molecule has 0 radical (unpaired) electrons. The van der Waals surface area contributed by atoms with Crippen molar-refractivity contribution in [3.05, 3.63) is 56.1 Å². The fraction of sp³-hybridized carbons (Fsp3) is 0.0714. The summed E-state index contributed by atoms with van der Waals surface area (Å²) < 4.78 is 1.92. The highest BCUT2D eigenvalue weighted by molar-refractivity contribution is 14.1. The van der Waals surface area contributed by atoms with Crippen LogP contribution in [-0.2, 0) is 0 Å². The van der Waals surface area contributed by atoms with Gasteiger partial charge in [0, 0.05) is 20.7 Å². The van der Waals surface area contributed by atoms with Gasteiger partial charge in [0.25, 0.3) is 5.91 Å². The summed E-state index contributed by atoms with van der Waals surface area (Å²) in [6, 6.07) is 13.0. The smallest absolute Gasteiger partial charge is 0.258 e. The number of anilines is 2. The lowest BCUT2D eigenvalue weighted by Crippen LogP contribution is -2.27. The minimum Gasteiger partial charge on any atom is -0.397 e. The first-order chi connectivity index (χ1) is 8.99. The zero-order chi connectivity index (χ0) is 14.0. The summed E-state index contributed by atoms with van der Waals surface area (Å²) in [6.07, 6.45) is 0. The number of nitrogen functional groups attached to an aromatic ring is 1. The molecule has 2 rings (SSSR count). The predicted molar refractivity (Wildman–Crippen MR) is 90.4 cm³/mol. The van der Waals surface area contributed by atoms with Gasteiger partial charge in [0.15, 0.2) is 0 Å². The van der Waals surface area contributed by atoms with Crippen LogP contribution >= 0.6 is 38.5 Å². The van der Waals surface area contributed by atoms with E-state index >= 15 is 0 Å². The number of nitrogens with zero attached hydrogens (tertiary/aromatic N) is 1. The summed E-state index contributed by atoms with van der Waals surface area (Å²) in [5.41, 5.74) is 7.86. The molecule has 5 heteroatoms. The summed E-state index contributed by atoms with van der Waals surface area (Å²) in [5.74, 6) is -0.0764. The Morgan fingerprint density at radius 3 is 2.63 bits per heavy atom. The van der Waals surface area contributed by atoms with Crippen molar-refractivity contribution in [1.82, 2.24) is 0 Å². The van der Waals surface area contributed by atoms with Crippen LogP contribution in [-0.4, -0.2) is 13.0 Å². The maximum Gasteiger partial charge on any atom is 0.258 e. The van der Waals surface area contributed by atoms with Crippen LogP contribution in [0.25, 0.3) is 0 Å². The number of nitrogens with two attached hydrogens (primary N) is 1. The standard InChI is InChI=1S/C14H12BrIN2O/c1-18(13-6-5-10(15)8-12(13)17)14(19)9-3-2-4-11(16)7-9/h2-8H,17H2,1H3. The molecule has 0 unspecified atom stereocenters. The quantitative estimate of drug-likeness (QED) is 0.579. The fourth-order valence-corrected chi connectivity index (χ4v) is 2.68. The number of halogens is 2. The predicted octanol–water partition coefficient (Wildman–Crippen LogP) is 3.91. The fourth-order valence-electron chi connectivity index (χ4n) is 1.76. The highest BCUT2D eigenvalue weighted by Gasteiger charge is 2.15. The van der Waals surface area contributed by atoms with Gasteiger partial charge < -0.3 is 10.6 Å². The van der Waals surface area contributed by atoms with Crippen molar-refractivity contribution >= 4 is 55.8 Å². The van der Waals surface area contributed by atoms with E-state index < -0.39 is 0 Å². The topological polar surface area (TPSA) is 46.3 Å². The molecule has 0 heterocycles. The van der Waals surface area contributed by atoms with Crippen LogP contribution in [0.5, 0.6) is 0 Å². The zero-order valence-electron chi connectivity index (χ0n) is 10.2. The van der Waals surface area contributed by atoms with Gasteiger partial charge in [-0.3, -0.25) is 4.79 Å². The lowest BCUT2D eigenvalue weighted by Gasteiger charge is -2.19. The summed E-state index contributed by atoms with van der Waals surface area (Å²) in [4.78, 5) is 14.0. The number of benzene rings is 2. The molecule has 0 saturated heterocycles. The Bertz CT molecular complexity index is 631. The second-order valence-corrected chi connectivity index (χ2v) is 6.24. The average molecular weight is 431 g/mol. The van der Waals surface area contributed by atoms with E-state index in [0.29, 0.717) is 16.9 Å². The summed E-state index contributed by atoms with van der Waals surface area (Å²) >= 11 is 5.54. The molecule has 0 aliphatic carbocycles. The Morgan fingerprint density at radius 2 is 2.00 bits per heavy atom. The van der Waals surface area contributed by atoms with Gasteiger partial charge in [-0.1, -0.05) is 22.0 Å². The minimum atomic E-state index is -0.0764. The van der Waals surface area contributed by atoms with Crippen LogP contribution < -0.4 is 10.6 Å². The highest BCUT2D eigenvalue weighted by atomic mass is 127. The van der Waals surface area contributed by atoms with Gasteiger partial charge >= 0.3 is 0 Å². The van der Waals surface area contributed by atoms with Crippen molar-refractivity contribution in [3.63, 3.8) is 0 Å². The number of rotatable bonds is 2. The average Bonchev–Trinajstić information content (AvgIpc) is 2.37. The molecule has 2 aromatic carbocycles. The van der Waals surface area contributed by atoms with Gasteiger partial charge in [0.1, 0.15) is 0 Å². The van der Waals surface area contributed by atoms with Crippen molar-refractivity contribution in [2.24, 2.45) is 0 Å². The number of hydrogen-bond donors (Lipinski definition) is 1. The van der Waals surface area contributed by atoms with Crippen molar-refractivity contribution in [2.75, 3.05) is 17.7 Å². The van der Waals surface area contributed by atoms with E-state index in [2.05, 4.69) is 38.5 Å². The molecular formula is C14H12BrIN2O. The van der Waals surface area contributed by atoms with E-state index in [1.54, 1.807) is 24.1 Å². The lowest BCUT2D eigenvalue weighted by atomic mass is 10.2. The lowest BCUT2D eigenvalue weighted by molar-refractivity contribution is 0.0993. The Morgan fingerprint density at radius 1 is 1.26 bits per heavy atom. The van der Waals surface area contributed by atoms with E-state index in [9.17, 15) is 4.79 Å². The van der Waals surface area contributed by atoms with Crippen molar-refractivity contribution < 1.29 is 4.79 Å². The molecular weight excluding hydrogens is 419 g/mol. The number of carbonyl (C=O) groups is 1. The van der Waals surface area contributed by atoms with Gasteiger partial charge in [-0.2, -0.15) is 0 Å². The van der Waals surface area contributed by atoms with E-state index in [1.807, 2.05) is 30.3 Å². The Balaban J connectivity index is 2.33. The van der Waals surface area contributed by atoms with Crippen molar-refractivity contribution in [1.29, 1.82) is 0 Å². The van der Waals surface area contributed by atoms with Crippen molar-refractivity contribution in [2.45, 2.75) is 0 Å². The van der Waals surface area contributed by atoms with Crippen molar-refractivity contribution in [3.8, 4) is 0 Å². The molecule has 1 amide bonds. The van der Waals surface area contributed by atoms with Gasteiger partial charge in [-0.05, 0) is 59.0 Å². The summed E-state index contributed by atoms with van der Waals surface area (Å²) in [7, 11) is 1.72. The molecule has 2 N–H and O–H groups in total. The molecule has 0 fully saturated rings. The molecule has 0 aliphatic heterocycles. The second kappa shape index (κ2) is 5.92. The van der Waals surface area contributed by atoms with Gasteiger partial charge in [0.2, 0.25) is 0 Å². The number of amides is 1. The van der Waals surface area contributed by atoms with Crippen LogP contribution in [0.2, 0.25) is 0 Å². The first kappa shape index (κ1) is 14.3. The third-order valence-corrected chi connectivity index (χ3v) is 3.89. The SMILES string of the molecule is CN(C(=O)c1cccc(I)c1)c1ccc(Br)cc1N. The highest BCUT2D eigenvalue weighted by Crippen LogP contribution is 2.27. The van der Waals surface area contributed by atoms with Crippen LogP contribution in [0.4, 0.5) is 11.4 Å². The third-order valence-electron chi connectivity index (χ3n) is 2.73. The van der Waals surface area contributed by atoms with Gasteiger partial charge in [-0.15, -0.1) is 0 Å². The molecule has 3 nitrogen and oxygen atoms in total. The molecule has 2 aromatic rings. The van der Waals surface area contributed by atoms with Crippen LogP contribution in [0.1, 0.15) is 10.4 Å². The molecule has 0 aliphatic rings. The molecule has 0 aromatic heterocycles. The monoisotopic (exact) mass is 430 g/mol. The largest absolute Gasteiger partial charge is 0.397 e. The number of hydrogen-bond acceptors (Lipinski definition) is 2. The third kappa shape index (κ3) is 3.27.